The Morgan fingerprint density at radius 3 is 1.93 bits per heavy atom. The van der Waals surface area contributed by atoms with Crippen molar-refractivity contribution in [2.45, 2.75) is 0 Å². The lowest BCUT2D eigenvalue weighted by Crippen LogP contribution is -2.00. The van der Waals surface area contributed by atoms with Crippen molar-refractivity contribution in [2.24, 2.45) is 0 Å². The fourth-order valence-corrected chi connectivity index (χ4v) is 2.93. The van der Waals surface area contributed by atoms with Gasteiger partial charge in [-0.05, 0) is 35.9 Å². The molecule has 1 aromatic heterocycles. The monoisotopic (exact) mass is 384 g/mol. The van der Waals surface area contributed by atoms with Crippen LogP contribution in [0.2, 0.25) is 0 Å². The molecular formula is C21H20O7. The van der Waals surface area contributed by atoms with Crippen LogP contribution in [0, 0.1) is 0 Å². The molecule has 7 heteroatoms. The summed E-state index contributed by atoms with van der Waals surface area (Å²) in [6.45, 7) is 0. The molecule has 0 aliphatic heterocycles. The summed E-state index contributed by atoms with van der Waals surface area (Å²) < 4.78 is 26.7. The average Bonchev–Trinajstić information content (AvgIpc) is 2.72. The molecule has 1 N–H and O–H groups in total. The van der Waals surface area contributed by atoms with Gasteiger partial charge in [0.05, 0.1) is 28.4 Å². The largest absolute Gasteiger partial charge is 0.504 e. The van der Waals surface area contributed by atoms with Crippen LogP contribution in [0.5, 0.6) is 28.7 Å². The smallest absolute Gasteiger partial charge is 0.336 e. The molecule has 146 valence electrons. The van der Waals surface area contributed by atoms with Gasteiger partial charge in [-0.1, -0.05) is 6.07 Å². The highest BCUT2D eigenvalue weighted by Gasteiger charge is 2.19. The third-order valence-corrected chi connectivity index (χ3v) is 4.25. The molecule has 0 amide bonds. The van der Waals surface area contributed by atoms with E-state index >= 15 is 0 Å². The van der Waals surface area contributed by atoms with Crippen LogP contribution in [0.25, 0.3) is 22.5 Å². The molecule has 0 saturated carbocycles. The maximum Gasteiger partial charge on any atom is 0.336 e. The van der Waals surface area contributed by atoms with E-state index in [2.05, 4.69) is 0 Å². The first-order chi connectivity index (χ1) is 13.5. The van der Waals surface area contributed by atoms with Gasteiger partial charge in [0.2, 0.25) is 5.75 Å². The van der Waals surface area contributed by atoms with Crippen LogP contribution in [0.3, 0.4) is 0 Å². The zero-order valence-corrected chi connectivity index (χ0v) is 15.9. The second kappa shape index (κ2) is 7.96. The maximum atomic E-state index is 11.9. The molecule has 3 rings (SSSR count). The minimum absolute atomic E-state index is 0.0259. The van der Waals surface area contributed by atoms with E-state index in [4.69, 9.17) is 23.4 Å². The zero-order valence-electron chi connectivity index (χ0n) is 15.9. The van der Waals surface area contributed by atoms with E-state index in [-0.39, 0.29) is 5.75 Å². The Morgan fingerprint density at radius 1 is 0.750 bits per heavy atom. The molecule has 2 aromatic carbocycles. The minimum Gasteiger partial charge on any atom is -0.504 e. The minimum atomic E-state index is -0.509. The van der Waals surface area contributed by atoms with Crippen LogP contribution in [0.15, 0.2) is 51.7 Å². The molecule has 1 heterocycles. The van der Waals surface area contributed by atoms with E-state index in [0.29, 0.717) is 45.4 Å². The van der Waals surface area contributed by atoms with Crippen molar-refractivity contribution in [3.05, 3.63) is 52.9 Å². The number of benzene rings is 2. The van der Waals surface area contributed by atoms with Gasteiger partial charge >= 0.3 is 5.63 Å². The van der Waals surface area contributed by atoms with Crippen molar-refractivity contribution >= 4 is 0 Å². The number of ether oxygens (including phenoxy) is 4. The number of hydrogen-bond acceptors (Lipinski definition) is 7. The van der Waals surface area contributed by atoms with E-state index < -0.39 is 5.63 Å². The fourth-order valence-electron chi connectivity index (χ4n) is 2.93. The van der Waals surface area contributed by atoms with Gasteiger partial charge in [-0.3, -0.25) is 0 Å². The Hall–Kier alpha value is -3.61. The number of phenols is 1. The van der Waals surface area contributed by atoms with Crippen LogP contribution < -0.4 is 24.6 Å². The average molecular weight is 384 g/mol. The van der Waals surface area contributed by atoms with Gasteiger partial charge in [-0.25, -0.2) is 4.79 Å². The molecule has 0 unspecified atom stereocenters. The summed E-state index contributed by atoms with van der Waals surface area (Å²) in [6, 6.07) is 11.3. The number of aromatic hydroxyl groups is 1. The molecule has 0 fully saturated rings. The molecule has 7 nitrogen and oxygen atoms in total. The van der Waals surface area contributed by atoms with Crippen LogP contribution in [-0.2, 0) is 0 Å². The van der Waals surface area contributed by atoms with Gasteiger partial charge in [0, 0.05) is 17.2 Å². The molecule has 0 aliphatic carbocycles. The van der Waals surface area contributed by atoms with Crippen molar-refractivity contribution in [3.8, 4) is 51.2 Å². The molecule has 28 heavy (non-hydrogen) atoms. The Kier molecular flexibility index (Phi) is 5.44. The summed E-state index contributed by atoms with van der Waals surface area (Å²) in [4.78, 5) is 11.9. The van der Waals surface area contributed by atoms with Crippen LogP contribution in [0.4, 0.5) is 0 Å². The predicted octanol–water partition coefficient (Wildman–Crippen LogP) is 3.71. The lowest BCUT2D eigenvalue weighted by atomic mass is 9.99. The van der Waals surface area contributed by atoms with E-state index in [1.165, 1.54) is 40.6 Å². The third kappa shape index (κ3) is 3.46. The van der Waals surface area contributed by atoms with Crippen molar-refractivity contribution in [1.82, 2.24) is 0 Å². The Morgan fingerprint density at radius 2 is 1.39 bits per heavy atom. The lowest BCUT2D eigenvalue weighted by Gasteiger charge is -2.15. The molecule has 0 bridgehead atoms. The summed E-state index contributed by atoms with van der Waals surface area (Å²) in [5, 5.41) is 10.1. The van der Waals surface area contributed by atoms with E-state index in [1.807, 2.05) is 0 Å². The predicted molar refractivity (Wildman–Crippen MR) is 104 cm³/mol. The molecule has 0 aliphatic rings. The van der Waals surface area contributed by atoms with Crippen molar-refractivity contribution < 1.29 is 28.5 Å². The number of phenolic OH excluding ortho intramolecular Hbond substituents is 1. The number of methoxy groups -OCH3 is 4. The van der Waals surface area contributed by atoms with Gasteiger partial charge < -0.3 is 28.5 Å². The lowest BCUT2D eigenvalue weighted by molar-refractivity contribution is 0.324. The van der Waals surface area contributed by atoms with Crippen LogP contribution in [-0.4, -0.2) is 33.5 Å². The summed E-state index contributed by atoms with van der Waals surface area (Å²) in [6.07, 6.45) is 0. The Balaban J connectivity index is 2.25. The van der Waals surface area contributed by atoms with E-state index in [1.54, 1.807) is 30.3 Å². The first-order valence-electron chi connectivity index (χ1n) is 8.34. The first-order valence-corrected chi connectivity index (χ1v) is 8.34. The second-order valence-corrected chi connectivity index (χ2v) is 5.80. The fraction of sp³-hybridized carbons (Fsp3) is 0.190. The second-order valence-electron chi connectivity index (χ2n) is 5.80. The van der Waals surface area contributed by atoms with Crippen molar-refractivity contribution in [3.63, 3.8) is 0 Å². The topological polar surface area (TPSA) is 87.4 Å². The molecule has 0 radical (unpaired) electrons. The normalized spacial score (nSPS) is 10.4. The number of hydrogen-bond donors (Lipinski definition) is 1. The molecule has 0 atom stereocenters. The zero-order chi connectivity index (χ0) is 20.3. The maximum absolute atomic E-state index is 11.9. The van der Waals surface area contributed by atoms with Gasteiger partial charge in [0.25, 0.3) is 0 Å². The first kappa shape index (κ1) is 19.2. The summed E-state index contributed by atoms with van der Waals surface area (Å²) >= 11 is 0. The van der Waals surface area contributed by atoms with Gasteiger partial charge in [-0.15, -0.1) is 0 Å². The third-order valence-electron chi connectivity index (χ3n) is 4.25. The van der Waals surface area contributed by atoms with E-state index in [9.17, 15) is 9.90 Å². The van der Waals surface area contributed by atoms with Crippen LogP contribution in [0.1, 0.15) is 0 Å². The van der Waals surface area contributed by atoms with E-state index in [0.717, 1.165) is 0 Å². The standard InChI is InChI=1S/C21H20O7/c1-24-16-7-5-12(9-15(16)22)14-6-8-19(23)28-20(14)13-10-17(25-2)21(27-4)18(11-13)26-3/h5-11,22H,1-4H3. The highest BCUT2D eigenvalue weighted by atomic mass is 16.5. The molecule has 0 spiro atoms. The molecular weight excluding hydrogens is 364 g/mol. The summed E-state index contributed by atoms with van der Waals surface area (Å²) in [5.74, 6) is 1.89. The summed E-state index contributed by atoms with van der Waals surface area (Å²) in [7, 11) is 5.99. The van der Waals surface area contributed by atoms with Gasteiger partial charge in [0.15, 0.2) is 23.0 Å². The van der Waals surface area contributed by atoms with Crippen molar-refractivity contribution in [1.29, 1.82) is 0 Å². The SMILES string of the molecule is COc1ccc(-c2ccc(=O)oc2-c2cc(OC)c(OC)c(OC)c2)cc1O. The van der Waals surface area contributed by atoms with Crippen molar-refractivity contribution in [2.75, 3.05) is 28.4 Å². The van der Waals surface area contributed by atoms with Gasteiger partial charge in [-0.2, -0.15) is 0 Å². The Labute approximate surface area is 161 Å². The quantitative estimate of drug-likeness (QED) is 0.693. The molecule has 3 aromatic rings. The highest BCUT2D eigenvalue weighted by molar-refractivity contribution is 5.82. The number of rotatable bonds is 6. The summed E-state index contributed by atoms with van der Waals surface area (Å²) in [5.41, 5.74) is 1.29. The van der Waals surface area contributed by atoms with Crippen LogP contribution >= 0.6 is 0 Å². The highest BCUT2D eigenvalue weighted by Crippen LogP contribution is 2.43. The molecule has 0 saturated heterocycles. The Bertz CT molecular complexity index is 1030. The van der Waals surface area contributed by atoms with Gasteiger partial charge in [0.1, 0.15) is 5.76 Å².